The summed E-state index contributed by atoms with van der Waals surface area (Å²) in [4.78, 5) is 36.9. The van der Waals surface area contributed by atoms with E-state index in [1.807, 2.05) is 0 Å². The summed E-state index contributed by atoms with van der Waals surface area (Å²) in [7, 11) is 0. The van der Waals surface area contributed by atoms with Gasteiger partial charge in [-0.05, 0) is 75.0 Å². The number of ether oxygens (including phenoxy) is 1. The van der Waals surface area contributed by atoms with E-state index in [0.717, 1.165) is 56.3 Å². The van der Waals surface area contributed by atoms with Crippen LogP contribution in [0.15, 0.2) is 0 Å². The van der Waals surface area contributed by atoms with Crippen molar-refractivity contribution in [1.82, 2.24) is 10.6 Å². The van der Waals surface area contributed by atoms with Gasteiger partial charge in [-0.1, -0.05) is 19.8 Å². The largest absolute Gasteiger partial charge is 0.456 e. The van der Waals surface area contributed by atoms with Gasteiger partial charge in [-0.3, -0.25) is 14.4 Å². The van der Waals surface area contributed by atoms with Crippen molar-refractivity contribution in [2.75, 3.05) is 13.2 Å². The fraction of sp³-hybridized carbons (Fsp3) is 0.870. The quantitative estimate of drug-likeness (QED) is 0.639. The number of nitrogens with one attached hydrogen (secondary N) is 2. The Morgan fingerprint density at radius 3 is 2.21 bits per heavy atom. The van der Waals surface area contributed by atoms with Crippen molar-refractivity contribution in [3.05, 3.63) is 0 Å². The second kappa shape index (κ2) is 8.65. The summed E-state index contributed by atoms with van der Waals surface area (Å²) >= 11 is 0. The minimum Gasteiger partial charge on any atom is -0.456 e. The third-order valence-electron chi connectivity index (χ3n) is 7.96. The van der Waals surface area contributed by atoms with Gasteiger partial charge in [0.2, 0.25) is 5.91 Å². The average molecular weight is 405 g/mol. The van der Waals surface area contributed by atoms with Crippen molar-refractivity contribution in [1.29, 1.82) is 0 Å². The van der Waals surface area contributed by atoms with E-state index in [4.69, 9.17) is 4.74 Å². The molecule has 0 aromatic carbocycles. The molecule has 6 heteroatoms. The van der Waals surface area contributed by atoms with E-state index >= 15 is 0 Å². The van der Waals surface area contributed by atoms with Crippen LogP contribution in [0.1, 0.15) is 77.6 Å². The lowest BCUT2D eigenvalue weighted by Gasteiger charge is -2.55. The van der Waals surface area contributed by atoms with Crippen LogP contribution in [0, 0.1) is 29.1 Å². The molecule has 4 bridgehead atoms. The summed E-state index contributed by atoms with van der Waals surface area (Å²) in [5.74, 6) is 2.13. The van der Waals surface area contributed by atoms with Crippen LogP contribution in [-0.4, -0.2) is 37.0 Å². The molecule has 0 radical (unpaired) electrons. The summed E-state index contributed by atoms with van der Waals surface area (Å²) in [6.45, 7) is 2.22. The number of esters is 1. The van der Waals surface area contributed by atoms with E-state index in [0.29, 0.717) is 12.5 Å². The Kier molecular flexibility index (Phi) is 6.16. The highest BCUT2D eigenvalue weighted by Crippen LogP contribution is 2.60. The van der Waals surface area contributed by atoms with Crippen molar-refractivity contribution in [3.63, 3.8) is 0 Å². The average Bonchev–Trinajstić information content (AvgIpc) is 2.67. The van der Waals surface area contributed by atoms with Gasteiger partial charge in [-0.15, -0.1) is 0 Å². The summed E-state index contributed by atoms with van der Waals surface area (Å²) < 4.78 is 5.11. The molecule has 6 nitrogen and oxygen atoms in total. The summed E-state index contributed by atoms with van der Waals surface area (Å²) in [6, 6.07) is 0.189. The predicted molar refractivity (Wildman–Crippen MR) is 109 cm³/mol. The number of carbonyl (C=O) groups is 3. The molecule has 0 spiro atoms. The number of carbonyl (C=O) groups excluding carboxylic acids is 3. The molecule has 5 rings (SSSR count). The SMILES string of the molecule is C[C@H]1CCCC[C@H]1NC(=O)COC(=O)CCNC(=O)C12CC3CC(CC(C3)C1)C2. The molecular formula is C23H36N2O4. The van der Waals surface area contributed by atoms with Gasteiger partial charge in [0.15, 0.2) is 6.61 Å². The molecule has 5 saturated carbocycles. The monoisotopic (exact) mass is 404 g/mol. The van der Waals surface area contributed by atoms with Crippen LogP contribution in [0.4, 0.5) is 0 Å². The van der Waals surface area contributed by atoms with Crippen LogP contribution < -0.4 is 10.6 Å². The molecule has 0 heterocycles. The summed E-state index contributed by atoms with van der Waals surface area (Å²) in [6.07, 6.45) is 11.6. The number of hydrogen-bond acceptors (Lipinski definition) is 4. The van der Waals surface area contributed by atoms with E-state index in [2.05, 4.69) is 17.6 Å². The molecule has 29 heavy (non-hydrogen) atoms. The fourth-order valence-corrected chi connectivity index (χ4v) is 6.85. The minimum absolute atomic E-state index is 0.116. The van der Waals surface area contributed by atoms with Gasteiger partial charge in [0.05, 0.1) is 6.42 Å². The lowest BCUT2D eigenvalue weighted by molar-refractivity contribution is -0.149. The van der Waals surface area contributed by atoms with Crippen LogP contribution in [-0.2, 0) is 19.1 Å². The minimum atomic E-state index is -0.428. The maximum atomic E-state index is 12.9. The number of rotatable bonds is 7. The van der Waals surface area contributed by atoms with Crippen LogP contribution in [0.25, 0.3) is 0 Å². The van der Waals surface area contributed by atoms with Crippen molar-refractivity contribution in [3.8, 4) is 0 Å². The Hall–Kier alpha value is -1.59. The maximum Gasteiger partial charge on any atom is 0.308 e. The Labute approximate surface area is 173 Å². The van der Waals surface area contributed by atoms with Gasteiger partial charge in [-0.2, -0.15) is 0 Å². The van der Waals surface area contributed by atoms with Gasteiger partial charge in [0.1, 0.15) is 0 Å². The molecule has 5 aliphatic carbocycles. The molecule has 2 atom stereocenters. The molecule has 5 fully saturated rings. The highest BCUT2D eigenvalue weighted by atomic mass is 16.5. The highest BCUT2D eigenvalue weighted by molar-refractivity contribution is 5.84. The lowest BCUT2D eigenvalue weighted by Crippen LogP contribution is -2.53. The fourth-order valence-electron chi connectivity index (χ4n) is 6.85. The lowest BCUT2D eigenvalue weighted by atomic mass is 9.49. The van der Waals surface area contributed by atoms with E-state index in [-0.39, 0.29) is 36.3 Å². The Bertz CT molecular complexity index is 612. The molecule has 2 N–H and O–H groups in total. The van der Waals surface area contributed by atoms with Gasteiger partial charge < -0.3 is 15.4 Å². The van der Waals surface area contributed by atoms with E-state index in [9.17, 15) is 14.4 Å². The molecule has 5 aliphatic rings. The maximum absolute atomic E-state index is 12.9. The zero-order valence-corrected chi connectivity index (χ0v) is 17.7. The first-order valence-electron chi connectivity index (χ1n) is 11.7. The first-order chi connectivity index (χ1) is 13.9. The third kappa shape index (κ3) is 4.77. The Balaban J connectivity index is 1.14. The molecule has 0 aromatic heterocycles. The van der Waals surface area contributed by atoms with Crippen molar-refractivity contribution >= 4 is 17.8 Å². The third-order valence-corrected chi connectivity index (χ3v) is 7.96. The molecular weight excluding hydrogens is 368 g/mol. The van der Waals surface area contributed by atoms with Crippen LogP contribution >= 0.6 is 0 Å². The van der Waals surface area contributed by atoms with Crippen LogP contribution in [0.3, 0.4) is 0 Å². The molecule has 0 aliphatic heterocycles. The molecule has 2 amide bonds. The molecule has 0 saturated heterocycles. The van der Waals surface area contributed by atoms with Gasteiger partial charge >= 0.3 is 5.97 Å². The van der Waals surface area contributed by atoms with Crippen LogP contribution in [0.5, 0.6) is 0 Å². The van der Waals surface area contributed by atoms with Gasteiger partial charge in [-0.25, -0.2) is 0 Å². The molecule has 162 valence electrons. The normalized spacial score (nSPS) is 37.8. The van der Waals surface area contributed by atoms with Gasteiger partial charge in [0, 0.05) is 18.0 Å². The summed E-state index contributed by atoms with van der Waals surface area (Å²) in [5.41, 5.74) is -0.185. The second-order valence-corrected chi connectivity index (χ2v) is 10.3. The first kappa shape index (κ1) is 20.7. The van der Waals surface area contributed by atoms with Crippen molar-refractivity contribution < 1.29 is 19.1 Å². The van der Waals surface area contributed by atoms with Gasteiger partial charge in [0.25, 0.3) is 5.91 Å². The zero-order valence-electron chi connectivity index (χ0n) is 17.7. The van der Waals surface area contributed by atoms with E-state index in [1.54, 1.807) is 0 Å². The zero-order chi connectivity index (χ0) is 20.4. The summed E-state index contributed by atoms with van der Waals surface area (Å²) in [5, 5.41) is 5.98. The van der Waals surface area contributed by atoms with Crippen LogP contribution in [0.2, 0.25) is 0 Å². The highest BCUT2D eigenvalue weighted by Gasteiger charge is 2.54. The standard InChI is InChI=1S/C23H36N2O4/c1-15-4-2-3-5-19(15)25-20(26)14-29-21(27)6-7-24-22(28)23-11-16-8-17(12-23)10-18(9-16)13-23/h15-19H,2-14H2,1H3,(H,24,28)(H,25,26)/t15-,16?,17?,18?,19+,23?/m0/s1. The first-order valence-corrected chi connectivity index (χ1v) is 11.7. The Morgan fingerprint density at radius 2 is 1.59 bits per heavy atom. The smallest absolute Gasteiger partial charge is 0.308 e. The molecule has 0 unspecified atom stereocenters. The number of amides is 2. The Morgan fingerprint density at radius 1 is 0.966 bits per heavy atom. The van der Waals surface area contributed by atoms with E-state index < -0.39 is 5.97 Å². The van der Waals surface area contributed by atoms with E-state index in [1.165, 1.54) is 25.7 Å². The molecule has 0 aromatic rings. The number of hydrogen-bond donors (Lipinski definition) is 2. The topological polar surface area (TPSA) is 84.5 Å². The predicted octanol–water partition coefficient (Wildman–Crippen LogP) is 2.95. The second-order valence-electron chi connectivity index (χ2n) is 10.3. The van der Waals surface area contributed by atoms with Crippen molar-refractivity contribution in [2.45, 2.75) is 83.6 Å². The van der Waals surface area contributed by atoms with Crippen molar-refractivity contribution in [2.24, 2.45) is 29.1 Å².